The van der Waals surface area contributed by atoms with E-state index in [0.717, 1.165) is 0 Å². The highest BCUT2D eigenvalue weighted by Gasteiger charge is 2.20. The van der Waals surface area contributed by atoms with Crippen molar-refractivity contribution < 1.29 is 14.9 Å². The summed E-state index contributed by atoms with van der Waals surface area (Å²) in [6, 6.07) is 0. The van der Waals surface area contributed by atoms with Crippen LogP contribution in [0.2, 0.25) is 0 Å². The minimum absolute atomic E-state index is 0.310. The summed E-state index contributed by atoms with van der Waals surface area (Å²) in [6.45, 7) is 0.465. The molecule has 0 atom stereocenters. The summed E-state index contributed by atoms with van der Waals surface area (Å²) in [6.07, 6.45) is 0.525. The zero-order chi connectivity index (χ0) is 5.98. The van der Waals surface area contributed by atoms with Crippen LogP contribution in [0.3, 0.4) is 0 Å². The van der Waals surface area contributed by atoms with Gasteiger partial charge in [-0.15, -0.1) is 0 Å². The van der Waals surface area contributed by atoms with Gasteiger partial charge in [0, 0.05) is 6.42 Å². The molecule has 0 amide bonds. The molecule has 0 spiro atoms. The first kappa shape index (κ1) is 5.59. The largest absolute Gasteiger partial charge is 0.507 e. The summed E-state index contributed by atoms with van der Waals surface area (Å²) in [5, 5.41) is 20.1. The van der Waals surface area contributed by atoms with Crippen molar-refractivity contribution in [1.29, 1.82) is 0 Å². The normalized spacial score (nSPS) is 17.5. The van der Waals surface area contributed by atoms with E-state index >= 15 is 0 Å². The van der Waals surface area contributed by atoms with Crippen molar-refractivity contribution in [1.82, 2.24) is 0 Å². The highest BCUT2D eigenvalue weighted by atomic mass is 16.6. The van der Waals surface area contributed by atoms with Crippen LogP contribution in [0.4, 0.5) is 0 Å². The van der Waals surface area contributed by atoms with Gasteiger partial charge in [-0.3, -0.25) is 0 Å². The topological polar surface area (TPSA) is 62.0 Å². The van der Waals surface area contributed by atoms with Crippen LogP contribution in [-0.4, -0.2) is 29.4 Å². The minimum atomic E-state index is -1.43. The molecule has 4 nitrogen and oxygen atoms in total. The van der Waals surface area contributed by atoms with Crippen molar-refractivity contribution in [3.05, 3.63) is 0 Å². The number of oxime groups is 1. The standard InChI is InChI=1S/C3H6BNO3/c6-4(7)3-1-2-8-5-3/h6-7H,1-2H2. The summed E-state index contributed by atoms with van der Waals surface area (Å²) in [5.74, 6) is 0. The van der Waals surface area contributed by atoms with Crippen LogP contribution in [0.1, 0.15) is 6.42 Å². The number of hydrogen-bond donors (Lipinski definition) is 2. The predicted molar refractivity (Wildman–Crippen MR) is 28.2 cm³/mol. The van der Waals surface area contributed by atoms with Gasteiger partial charge >= 0.3 is 7.12 Å². The maximum absolute atomic E-state index is 8.40. The second-order valence-electron chi connectivity index (χ2n) is 1.54. The van der Waals surface area contributed by atoms with E-state index in [1.54, 1.807) is 0 Å². The quantitative estimate of drug-likeness (QED) is 0.420. The second kappa shape index (κ2) is 2.15. The molecule has 0 aliphatic carbocycles. The van der Waals surface area contributed by atoms with E-state index in [-0.39, 0.29) is 0 Å². The Morgan fingerprint density at radius 3 is 2.62 bits per heavy atom. The molecule has 0 radical (unpaired) electrons. The minimum Gasteiger partial charge on any atom is -0.422 e. The fourth-order valence-corrected chi connectivity index (χ4v) is 0.501. The first-order chi connectivity index (χ1) is 3.80. The Hall–Kier alpha value is -0.545. The zero-order valence-corrected chi connectivity index (χ0v) is 4.24. The lowest BCUT2D eigenvalue weighted by molar-refractivity contribution is 0.174. The molecule has 44 valence electrons. The first-order valence-electron chi connectivity index (χ1n) is 2.35. The lowest BCUT2D eigenvalue weighted by atomic mass is 9.82. The van der Waals surface area contributed by atoms with Gasteiger partial charge in [-0.25, -0.2) is 0 Å². The van der Waals surface area contributed by atoms with Gasteiger partial charge in [0.25, 0.3) is 0 Å². The molecule has 1 rings (SSSR count). The third-order valence-electron chi connectivity index (χ3n) is 0.929. The maximum Gasteiger partial charge on any atom is 0.507 e. The smallest absolute Gasteiger partial charge is 0.422 e. The van der Waals surface area contributed by atoms with Crippen molar-refractivity contribution in [2.24, 2.45) is 5.16 Å². The summed E-state index contributed by atoms with van der Waals surface area (Å²) in [4.78, 5) is 4.49. The summed E-state index contributed by atoms with van der Waals surface area (Å²) in [5.41, 5.74) is 0.310. The molecule has 0 saturated carbocycles. The molecule has 0 unspecified atom stereocenters. The Balaban J connectivity index is 2.45. The number of rotatable bonds is 1. The summed E-state index contributed by atoms with van der Waals surface area (Å²) < 4.78 is 0. The van der Waals surface area contributed by atoms with Crippen LogP contribution in [0.15, 0.2) is 5.16 Å². The van der Waals surface area contributed by atoms with Crippen LogP contribution in [0, 0.1) is 0 Å². The molecule has 0 aromatic rings. The molecule has 0 bridgehead atoms. The number of nitrogens with zero attached hydrogens (tertiary/aromatic N) is 1. The molecule has 0 fully saturated rings. The molecular formula is C3H6BNO3. The lowest BCUT2D eigenvalue weighted by Crippen LogP contribution is -2.23. The van der Waals surface area contributed by atoms with E-state index in [9.17, 15) is 0 Å². The van der Waals surface area contributed by atoms with Crippen molar-refractivity contribution >= 4 is 12.7 Å². The molecule has 2 N–H and O–H groups in total. The van der Waals surface area contributed by atoms with Crippen molar-refractivity contribution in [3.63, 3.8) is 0 Å². The highest BCUT2D eigenvalue weighted by molar-refractivity contribution is 6.80. The Morgan fingerprint density at radius 1 is 1.62 bits per heavy atom. The van der Waals surface area contributed by atoms with Gasteiger partial charge in [0.05, 0.1) is 5.61 Å². The Bertz CT molecular complexity index is 113. The van der Waals surface area contributed by atoms with Crippen molar-refractivity contribution in [3.8, 4) is 0 Å². The number of hydrogen-bond acceptors (Lipinski definition) is 4. The van der Waals surface area contributed by atoms with Gasteiger partial charge in [0.15, 0.2) is 0 Å². The van der Waals surface area contributed by atoms with E-state index in [4.69, 9.17) is 10.0 Å². The SMILES string of the molecule is OB(O)C1=NOCC1. The fourth-order valence-electron chi connectivity index (χ4n) is 0.501. The fraction of sp³-hybridized carbons (Fsp3) is 0.667. The van der Waals surface area contributed by atoms with E-state index in [2.05, 4.69) is 9.99 Å². The van der Waals surface area contributed by atoms with Crippen LogP contribution in [-0.2, 0) is 4.84 Å². The van der Waals surface area contributed by atoms with Gasteiger partial charge in [-0.1, -0.05) is 5.16 Å². The molecule has 0 aromatic heterocycles. The molecule has 0 saturated heterocycles. The average Bonchev–Trinajstić information content (AvgIpc) is 2.12. The molecular weight excluding hydrogens is 109 g/mol. The van der Waals surface area contributed by atoms with E-state index in [1.807, 2.05) is 0 Å². The van der Waals surface area contributed by atoms with Gasteiger partial charge < -0.3 is 14.9 Å². The third kappa shape index (κ3) is 0.990. The highest BCUT2D eigenvalue weighted by Crippen LogP contribution is 1.99. The molecule has 8 heavy (non-hydrogen) atoms. The Morgan fingerprint density at radius 2 is 2.38 bits per heavy atom. The Labute approximate surface area is 46.9 Å². The summed E-state index contributed by atoms with van der Waals surface area (Å²) >= 11 is 0. The first-order valence-corrected chi connectivity index (χ1v) is 2.35. The monoisotopic (exact) mass is 115 g/mol. The second-order valence-corrected chi connectivity index (χ2v) is 1.54. The lowest BCUT2D eigenvalue weighted by Gasteiger charge is -1.88. The van der Waals surface area contributed by atoms with Crippen LogP contribution in [0.5, 0.6) is 0 Å². The molecule has 5 heteroatoms. The van der Waals surface area contributed by atoms with E-state index < -0.39 is 7.12 Å². The van der Waals surface area contributed by atoms with Crippen molar-refractivity contribution in [2.75, 3.05) is 6.61 Å². The van der Waals surface area contributed by atoms with Gasteiger partial charge in [-0.05, 0) is 0 Å². The van der Waals surface area contributed by atoms with Crippen LogP contribution < -0.4 is 0 Å². The molecule has 1 aliphatic rings. The van der Waals surface area contributed by atoms with Crippen molar-refractivity contribution in [2.45, 2.75) is 6.42 Å². The van der Waals surface area contributed by atoms with Gasteiger partial charge in [0.1, 0.15) is 6.61 Å². The van der Waals surface area contributed by atoms with Gasteiger partial charge in [-0.2, -0.15) is 0 Å². The average molecular weight is 115 g/mol. The maximum atomic E-state index is 8.40. The van der Waals surface area contributed by atoms with E-state index in [0.29, 0.717) is 18.6 Å². The summed E-state index contributed by atoms with van der Waals surface area (Å²) in [7, 11) is -1.43. The third-order valence-corrected chi connectivity index (χ3v) is 0.929. The Kier molecular flexibility index (Phi) is 1.50. The molecule has 1 aliphatic heterocycles. The van der Waals surface area contributed by atoms with Crippen LogP contribution >= 0.6 is 0 Å². The molecule has 1 heterocycles. The predicted octanol–water partition coefficient (Wildman–Crippen LogP) is -1.23. The van der Waals surface area contributed by atoms with Crippen LogP contribution in [0.25, 0.3) is 0 Å². The van der Waals surface area contributed by atoms with Gasteiger partial charge in [0.2, 0.25) is 0 Å². The zero-order valence-electron chi connectivity index (χ0n) is 4.24. The van der Waals surface area contributed by atoms with E-state index in [1.165, 1.54) is 0 Å². The molecule has 0 aromatic carbocycles.